The van der Waals surface area contributed by atoms with Crippen LogP contribution in [0, 0.1) is 6.92 Å². The Labute approximate surface area is 177 Å². The number of hydrogen-bond acceptors (Lipinski definition) is 4. The van der Waals surface area contributed by atoms with Crippen molar-refractivity contribution < 1.29 is 9.47 Å². The van der Waals surface area contributed by atoms with Crippen LogP contribution in [0.3, 0.4) is 0 Å². The van der Waals surface area contributed by atoms with E-state index >= 15 is 0 Å². The van der Waals surface area contributed by atoms with E-state index in [1.54, 1.807) is 7.05 Å². The van der Waals surface area contributed by atoms with Crippen molar-refractivity contribution in [2.24, 2.45) is 4.99 Å². The van der Waals surface area contributed by atoms with E-state index in [9.17, 15) is 0 Å². The van der Waals surface area contributed by atoms with E-state index in [0.717, 1.165) is 54.6 Å². The molecule has 0 bridgehead atoms. The van der Waals surface area contributed by atoms with E-state index in [0.29, 0.717) is 13.2 Å². The Bertz CT molecular complexity index is 975. The molecule has 7 heteroatoms. The van der Waals surface area contributed by atoms with Gasteiger partial charge in [0, 0.05) is 50.9 Å². The number of guanidine groups is 1. The van der Waals surface area contributed by atoms with Crippen molar-refractivity contribution in [3.05, 3.63) is 65.6 Å². The van der Waals surface area contributed by atoms with Crippen LogP contribution in [0.2, 0.25) is 0 Å². The summed E-state index contributed by atoms with van der Waals surface area (Å²) in [6.07, 6.45) is 5.97. The molecule has 3 aromatic rings. The quantitative estimate of drug-likeness (QED) is 0.465. The Kier molecular flexibility index (Phi) is 6.49. The number of hydrogen-bond donors (Lipinski definition) is 2. The maximum absolute atomic E-state index is 6.19. The lowest BCUT2D eigenvalue weighted by atomic mass is 10.1. The number of ether oxygens (including phenoxy) is 2. The molecule has 1 atom stereocenters. The number of fused-ring (bicyclic) bond motifs is 1. The summed E-state index contributed by atoms with van der Waals surface area (Å²) in [4.78, 5) is 8.97. The molecule has 0 amide bonds. The second-order valence-electron chi connectivity index (χ2n) is 7.52. The van der Waals surface area contributed by atoms with Gasteiger partial charge in [0.25, 0.3) is 0 Å². The first-order valence-corrected chi connectivity index (χ1v) is 10.4. The fraction of sp³-hybridized carbons (Fsp3) is 0.391. The average molecular weight is 408 g/mol. The summed E-state index contributed by atoms with van der Waals surface area (Å²) in [5, 5.41) is 6.75. The summed E-state index contributed by atoms with van der Waals surface area (Å²) in [5.41, 5.74) is 4.31. The maximum Gasteiger partial charge on any atom is 0.191 e. The number of nitrogens with zero attached hydrogens (tertiary/aromatic N) is 3. The van der Waals surface area contributed by atoms with Crippen LogP contribution in [0.25, 0.3) is 5.65 Å². The number of aromatic nitrogens is 2. The van der Waals surface area contributed by atoms with Gasteiger partial charge >= 0.3 is 0 Å². The molecule has 1 aliphatic rings. The Morgan fingerprint density at radius 3 is 3.03 bits per heavy atom. The summed E-state index contributed by atoms with van der Waals surface area (Å²) in [5.74, 6) is 1.67. The third kappa shape index (κ3) is 5.10. The molecular weight excluding hydrogens is 378 g/mol. The second kappa shape index (κ2) is 9.63. The first-order chi connectivity index (χ1) is 14.7. The maximum atomic E-state index is 6.19. The van der Waals surface area contributed by atoms with Crippen molar-refractivity contribution in [1.29, 1.82) is 0 Å². The van der Waals surface area contributed by atoms with Crippen LogP contribution in [0.5, 0.6) is 5.75 Å². The van der Waals surface area contributed by atoms with Crippen molar-refractivity contribution >= 4 is 11.6 Å². The Morgan fingerprint density at radius 1 is 1.30 bits per heavy atom. The molecule has 0 radical (unpaired) electrons. The minimum atomic E-state index is 0.133. The van der Waals surface area contributed by atoms with E-state index in [-0.39, 0.29) is 6.10 Å². The van der Waals surface area contributed by atoms with Crippen LogP contribution in [0.1, 0.15) is 23.2 Å². The highest BCUT2D eigenvalue weighted by atomic mass is 16.5. The van der Waals surface area contributed by atoms with Gasteiger partial charge in [-0.2, -0.15) is 0 Å². The monoisotopic (exact) mass is 407 g/mol. The largest absolute Gasteiger partial charge is 0.488 e. The zero-order chi connectivity index (χ0) is 20.8. The standard InChI is InChI=1S/C23H29N5O2/c1-17-6-7-18(21(13-17)30-20-9-12-29-16-20)14-26-23(24-2)25-10-8-19-15-28-11-4-3-5-22(28)27-19/h3-7,11,13,15,20H,8-10,12,14,16H2,1-2H3,(H2,24,25,26). The summed E-state index contributed by atoms with van der Waals surface area (Å²) in [6, 6.07) is 12.3. The molecule has 1 aromatic carbocycles. The number of pyridine rings is 1. The SMILES string of the molecule is CN=C(NCCc1cn2ccccc2n1)NCc1ccc(C)cc1OC1CCOC1. The van der Waals surface area contributed by atoms with Gasteiger partial charge in [0.15, 0.2) is 5.96 Å². The van der Waals surface area contributed by atoms with Crippen LogP contribution in [-0.4, -0.2) is 48.3 Å². The Balaban J connectivity index is 1.30. The lowest BCUT2D eigenvalue weighted by Gasteiger charge is -2.18. The molecule has 4 rings (SSSR count). The molecule has 1 aliphatic heterocycles. The lowest BCUT2D eigenvalue weighted by Crippen LogP contribution is -2.38. The molecule has 1 unspecified atom stereocenters. The summed E-state index contributed by atoms with van der Waals surface area (Å²) in [6.45, 7) is 4.90. The number of rotatable bonds is 7. The number of aryl methyl sites for hydroxylation is 1. The molecule has 158 valence electrons. The number of benzene rings is 1. The van der Waals surface area contributed by atoms with Gasteiger partial charge in [0.05, 0.1) is 18.9 Å². The highest BCUT2D eigenvalue weighted by Crippen LogP contribution is 2.23. The van der Waals surface area contributed by atoms with Gasteiger partial charge in [-0.05, 0) is 30.7 Å². The molecule has 0 saturated carbocycles. The zero-order valence-electron chi connectivity index (χ0n) is 17.6. The smallest absolute Gasteiger partial charge is 0.191 e. The molecule has 2 aromatic heterocycles. The van der Waals surface area contributed by atoms with E-state index in [2.05, 4.69) is 51.9 Å². The molecule has 1 saturated heterocycles. The van der Waals surface area contributed by atoms with Gasteiger partial charge in [0.2, 0.25) is 0 Å². The molecule has 0 spiro atoms. The molecule has 1 fully saturated rings. The van der Waals surface area contributed by atoms with Gasteiger partial charge in [-0.25, -0.2) is 4.98 Å². The van der Waals surface area contributed by atoms with E-state index < -0.39 is 0 Å². The van der Waals surface area contributed by atoms with Crippen LogP contribution in [0.4, 0.5) is 0 Å². The van der Waals surface area contributed by atoms with Crippen LogP contribution in [-0.2, 0) is 17.7 Å². The van der Waals surface area contributed by atoms with Crippen LogP contribution in [0.15, 0.2) is 53.8 Å². The lowest BCUT2D eigenvalue weighted by molar-refractivity contribution is 0.140. The van der Waals surface area contributed by atoms with Gasteiger partial charge in [-0.15, -0.1) is 0 Å². The van der Waals surface area contributed by atoms with Crippen molar-refractivity contribution in [2.75, 3.05) is 26.8 Å². The van der Waals surface area contributed by atoms with E-state index in [1.807, 2.05) is 28.8 Å². The average Bonchev–Trinajstić information content (AvgIpc) is 3.41. The van der Waals surface area contributed by atoms with Gasteiger partial charge in [0.1, 0.15) is 17.5 Å². The Hall–Kier alpha value is -3.06. The number of nitrogens with one attached hydrogen (secondary N) is 2. The zero-order valence-corrected chi connectivity index (χ0v) is 17.6. The number of imidazole rings is 1. The molecular formula is C23H29N5O2. The van der Waals surface area contributed by atoms with E-state index in [1.165, 1.54) is 5.56 Å². The van der Waals surface area contributed by atoms with Crippen molar-refractivity contribution in [1.82, 2.24) is 20.0 Å². The van der Waals surface area contributed by atoms with Crippen molar-refractivity contribution in [2.45, 2.75) is 32.4 Å². The topological polar surface area (TPSA) is 72.2 Å². The molecule has 30 heavy (non-hydrogen) atoms. The molecule has 0 aliphatic carbocycles. The summed E-state index contributed by atoms with van der Waals surface area (Å²) < 4.78 is 13.7. The predicted octanol–water partition coefficient (Wildman–Crippen LogP) is 2.72. The fourth-order valence-corrected chi connectivity index (χ4v) is 3.52. The fourth-order valence-electron chi connectivity index (χ4n) is 3.52. The normalized spacial score (nSPS) is 16.7. The Morgan fingerprint density at radius 2 is 2.23 bits per heavy atom. The minimum absolute atomic E-state index is 0.133. The van der Waals surface area contributed by atoms with Gasteiger partial charge in [-0.1, -0.05) is 18.2 Å². The van der Waals surface area contributed by atoms with Crippen molar-refractivity contribution in [3.8, 4) is 5.75 Å². The second-order valence-corrected chi connectivity index (χ2v) is 7.52. The highest BCUT2D eigenvalue weighted by molar-refractivity contribution is 5.79. The third-order valence-electron chi connectivity index (χ3n) is 5.16. The first kappa shape index (κ1) is 20.2. The molecule has 7 nitrogen and oxygen atoms in total. The summed E-state index contributed by atoms with van der Waals surface area (Å²) >= 11 is 0. The first-order valence-electron chi connectivity index (χ1n) is 10.4. The van der Waals surface area contributed by atoms with Crippen LogP contribution < -0.4 is 15.4 Å². The minimum Gasteiger partial charge on any atom is -0.488 e. The van der Waals surface area contributed by atoms with Gasteiger partial charge < -0.3 is 24.5 Å². The number of aliphatic imine (C=N–C) groups is 1. The molecule has 3 heterocycles. The predicted molar refractivity (Wildman–Crippen MR) is 118 cm³/mol. The summed E-state index contributed by atoms with van der Waals surface area (Å²) in [7, 11) is 1.78. The van der Waals surface area contributed by atoms with E-state index in [4.69, 9.17) is 9.47 Å². The third-order valence-corrected chi connectivity index (χ3v) is 5.16. The van der Waals surface area contributed by atoms with Gasteiger partial charge in [-0.3, -0.25) is 4.99 Å². The highest BCUT2D eigenvalue weighted by Gasteiger charge is 2.18. The van der Waals surface area contributed by atoms with Crippen molar-refractivity contribution in [3.63, 3.8) is 0 Å². The molecule has 2 N–H and O–H groups in total. The van der Waals surface area contributed by atoms with Crippen LogP contribution >= 0.6 is 0 Å².